The number of thioether (sulfide) groups is 1. The summed E-state index contributed by atoms with van der Waals surface area (Å²) in [5.74, 6) is -0.252. The van der Waals surface area contributed by atoms with Crippen molar-refractivity contribution in [3.8, 4) is 0 Å². The molecule has 0 saturated carbocycles. The van der Waals surface area contributed by atoms with E-state index in [1.54, 1.807) is 0 Å². The molecule has 114 valence electrons. The van der Waals surface area contributed by atoms with Crippen LogP contribution in [-0.4, -0.2) is 45.0 Å². The largest absolute Gasteiger partial charge is 0.481 e. The van der Waals surface area contributed by atoms with Gasteiger partial charge < -0.3 is 15.3 Å². The first-order chi connectivity index (χ1) is 9.06. The molecular weight excluding hydrogens is 264 g/mol. The molecule has 0 rings (SSSR count). The summed E-state index contributed by atoms with van der Waals surface area (Å²) in [6.07, 6.45) is 7.40. The van der Waals surface area contributed by atoms with Crippen LogP contribution in [0.1, 0.15) is 58.3 Å². The van der Waals surface area contributed by atoms with E-state index in [1.807, 2.05) is 6.92 Å². The molecule has 2 atom stereocenters. The van der Waals surface area contributed by atoms with Crippen molar-refractivity contribution in [3.63, 3.8) is 0 Å². The third kappa shape index (κ3) is 14.0. The number of rotatable bonds is 13. The number of hydrogen-bond acceptors (Lipinski definition) is 4. The van der Waals surface area contributed by atoms with Crippen molar-refractivity contribution in [1.82, 2.24) is 0 Å². The Hall–Kier alpha value is -0.260. The van der Waals surface area contributed by atoms with Gasteiger partial charge in [0.2, 0.25) is 0 Å². The minimum absolute atomic E-state index is 0.0663. The molecule has 0 aliphatic carbocycles. The Morgan fingerprint density at radius 3 is 2.05 bits per heavy atom. The molecule has 3 N–H and O–H groups in total. The Morgan fingerprint density at radius 2 is 1.53 bits per heavy atom. The second kappa shape index (κ2) is 12.8. The standard InChI is InChI=1S/C14H28O4S/c1-2-12(15)8-6-4-3-5-7-9-13(16)10-19-11-14(17)18/h12-13,15-16H,2-11H2,1H3,(H,17,18). The maximum absolute atomic E-state index is 10.3. The summed E-state index contributed by atoms with van der Waals surface area (Å²) >= 11 is 1.27. The van der Waals surface area contributed by atoms with Gasteiger partial charge in [-0.15, -0.1) is 11.8 Å². The Labute approximate surface area is 120 Å². The first kappa shape index (κ1) is 18.7. The van der Waals surface area contributed by atoms with Crippen LogP contribution in [0.15, 0.2) is 0 Å². The van der Waals surface area contributed by atoms with Gasteiger partial charge in [-0.25, -0.2) is 0 Å². The second-order valence-corrected chi connectivity index (χ2v) is 6.00. The maximum atomic E-state index is 10.3. The van der Waals surface area contributed by atoms with Crippen LogP contribution in [0.3, 0.4) is 0 Å². The molecule has 0 aliphatic rings. The summed E-state index contributed by atoms with van der Waals surface area (Å²) in [5.41, 5.74) is 0. The van der Waals surface area contributed by atoms with E-state index in [4.69, 9.17) is 5.11 Å². The van der Waals surface area contributed by atoms with E-state index in [-0.39, 0.29) is 18.0 Å². The average molecular weight is 292 g/mol. The molecule has 5 heteroatoms. The van der Waals surface area contributed by atoms with Gasteiger partial charge in [0.25, 0.3) is 0 Å². The minimum Gasteiger partial charge on any atom is -0.481 e. The molecule has 0 heterocycles. The smallest absolute Gasteiger partial charge is 0.313 e. The molecule has 0 radical (unpaired) electrons. The van der Waals surface area contributed by atoms with Crippen molar-refractivity contribution in [1.29, 1.82) is 0 Å². The lowest BCUT2D eigenvalue weighted by Crippen LogP contribution is -2.11. The zero-order valence-corrected chi connectivity index (χ0v) is 12.7. The van der Waals surface area contributed by atoms with Crippen LogP contribution < -0.4 is 0 Å². The number of aliphatic hydroxyl groups excluding tert-OH is 2. The predicted octanol–water partition coefficient (Wildman–Crippen LogP) is 2.67. The monoisotopic (exact) mass is 292 g/mol. The first-order valence-electron chi connectivity index (χ1n) is 7.22. The van der Waals surface area contributed by atoms with Gasteiger partial charge in [0, 0.05) is 5.75 Å². The average Bonchev–Trinajstić information content (AvgIpc) is 2.36. The highest BCUT2D eigenvalue weighted by Crippen LogP contribution is 2.13. The van der Waals surface area contributed by atoms with Crippen LogP contribution in [0.2, 0.25) is 0 Å². The third-order valence-electron chi connectivity index (χ3n) is 3.08. The lowest BCUT2D eigenvalue weighted by atomic mass is 10.0. The highest BCUT2D eigenvalue weighted by molar-refractivity contribution is 7.99. The van der Waals surface area contributed by atoms with Gasteiger partial charge in [0.05, 0.1) is 18.0 Å². The Balaban J connectivity index is 3.22. The first-order valence-corrected chi connectivity index (χ1v) is 8.37. The van der Waals surface area contributed by atoms with Crippen LogP contribution in [0.4, 0.5) is 0 Å². The summed E-state index contributed by atoms with van der Waals surface area (Å²) in [5, 5.41) is 27.5. The Morgan fingerprint density at radius 1 is 1.00 bits per heavy atom. The lowest BCUT2D eigenvalue weighted by Gasteiger charge is -2.09. The SMILES string of the molecule is CCC(O)CCCCCCCC(O)CSCC(=O)O. The van der Waals surface area contributed by atoms with E-state index in [0.29, 0.717) is 5.75 Å². The van der Waals surface area contributed by atoms with Crippen LogP contribution in [-0.2, 0) is 4.79 Å². The lowest BCUT2D eigenvalue weighted by molar-refractivity contribution is -0.133. The van der Waals surface area contributed by atoms with Crippen molar-refractivity contribution in [2.24, 2.45) is 0 Å². The molecule has 0 aromatic carbocycles. The van der Waals surface area contributed by atoms with E-state index >= 15 is 0 Å². The highest BCUT2D eigenvalue weighted by Gasteiger charge is 2.06. The molecule has 0 aromatic heterocycles. The highest BCUT2D eigenvalue weighted by atomic mass is 32.2. The fourth-order valence-electron chi connectivity index (χ4n) is 1.86. The van der Waals surface area contributed by atoms with Crippen molar-refractivity contribution in [3.05, 3.63) is 0 Å². The van der Waals surface area contributed by atoms with Gasteiger partial charge in [-0.05, 0) is 19.3 Å². The summed E-state index contributed by atoms with van der Waals surface area (Å²) in [6.45, 7) is 1.99. The molecule has 0 saturated heterocycles. The molecule has 0 amide bonds. The number of aliphatic carboxylic acids is 1. The molecule has 0 aliphatic heterocycles. The van der Waals surface area contributed by atoms with Gasteiger partial charge in [0.1, 0.15) is 0 Å². The molecule has 0 bridgehead atoms. The molecule has 19 heavy (non-hydrogen) atoms. The minimum atomic E-state index is -0.827. The molecule has 0 spiro atoms. The number of carboxylic acid groups (broad SMARTS) is 1. The van der Waals surface area contributed by atoms with Crippen molar-refractivity contribution < 1.29 is 20.1 Å². The fourth-order valence-corrected chi connectivity index (χ4v) is 2.59. The topological polar surface area (TPSA) is 77.8 Å². The van der Waals surface area contributed by atoms with Crippen LogP contribution in [0, 0.1) is 0 Å². The summed E-state index contributed by atoms with van der Waals surface area (Å²) < 4.78 is 0. The number of unbranched alkanes of at least 4 members (excludes halogenated alkanes) is 4. The number of hydrogen-bond donors (Lipinski definition) is 3. The van der Waals surface area contributed by atoms with Gasteiger partial charge in [-0.2, -0.15) is 0 Å². The van der Waals surface area contributed by atoms with Crippen LogP contribution >= 0.6 is 11.8 Å². The van der Waals surface area contributed by atoms with E-state index in [9.17, 15) is 15.0 Å². The number of carboxylic acids is 1. The quantitative estimate of drug-likeness (QED) is 0.455. The second-order valence-electron chi connectivity index (χ2n) is 4.97. The molecule has 0 aromatic rings. The summed E-state index contributed by atoms with van der Waals surface area (Å²) in [4.78, 5) is 10.3. The van der Waals surface area contributed by atoms with Crippen molar-refractivity contribution >= 4 is 17.7 Å². The van der Waals surface area contributed by atoms with E-state index in [2.05, 4.69) is 0 Å². The Bertz CT molecular complexity index is 223. The maximum Gasteiger partial charge on any atom is 0.313 e. The van der Waals surface area contributed by atoms with Crippen molar-refractivity contribution in [2.45, 2.75) is 70.5 Å². The molecule has 4 nitrogen and oxygen atoms in total. The van der Waals surface area contributed by atoms with E-state index in [1.165, 1.54) is 11.8 Å². The zero-order valence-electron chi connectivity index (χ0n) is 11.9. The van der Waals surface area contributed by atoms with Gasteiger partial charge in [0.15, 0.2) is 0 Å². The summed E-state index contributed by atoms with van der Waals surface area (Å²) in [6, 6.07) is 0. The predicted molar refractivity (Wildman–Crippen MR) is 79.6 cm³/mol. The number of carbonyl (C=O) groups is 1. The summed E-state index contributed by atoms with van der Waals surface area (Å²) in [7, 11) is 0. The Kier molecular flexibility index (Phi) is 12.6. The number of aliphatic hydroxyl groups is 2. The van der Waals surface area contributed by atoms with Gasteiger partial charge in [-0.1, -0.05) is 39.0 Å². The molecule has 2 unspecified atom stereocenters. The van der Waals surface area contributed by atoms with E-state index in [0.717, 1.165) is 51.4 Å². The fraction of sp³-hybridized carbons (Fsp3) is 0.929. The third-order valence-corrected chi connectivity index (χ3v) is 4.15. The molecular formula is C14H28O4S. The molecule has 0 fully saturated rings. The van der Waals surface area contributed by atoms with Gasteiger partial charge >= 0.3 is 5.97 Å². The zero-order chi connectivity index (χ0) is 14.5. The van der Waals surface area contributed by atoms with Crippen LogP contribution in [0.5, 0.6) is 0 Å². The van der Waals surface area contributed by atoms with Gasteiger partial charge in [-0.3, -0.25) is 4.79 Å². The normalized spacial score (nSPS) is 14.3. The van der Waals surface area contributed by atoms with Crippen molar-refractivity contribution in [2.75, 3.05) is 11.5 Å². The van der Waals surface area contributed by atoms with E-state index < -0.39 is 5.97 Å². The van der Waals surface area contributed by atoms with Crippen LogP contribution in [0.25, 0.3) is 0 Å².